The zero-order valence-electron chi connectivity index (χ0n) is 9.87. The van der Waals surface area contributed by atoms with Crippen LogP contribution >= 0.6 is 23.2 Å². The first-order valence-electron chi connectivity index (χ1n) is 5.45. The van der Waals surface area contributed by atoms with E-state index in [0.717, 1.165) is 11.3 Å². The lowest BCUT2D eigenvalue weighted by molar-refractivity contribution is 0.406. The third kappa shape index (κ3) is 3.19. The molecule has 1 N–H and O–H groups in total. The van der Waals surface area contributed by atoms with Crippen molar-refractivity contribution < 1.29 is 9.15 Å². The molecule has 0 saturated carbocycles. The number of rotatable bonds is 5. The minimum absolute atomic E-state index is 0.514. The highest BCUT2D eigenvalue weighted by Gasteiger charge is 2.09. The van der Waals surface area contributed by atoms with Crippen LogP contribution in [0.2, 0.25) is 10.0 Å². The normalized spacial score (nSPS) is 10.6. The van der Waals surface area contributed by atoms with Crippen molar-refractivity contribution in [3.8, 4) is 5.75 Å². The fourth-order valence-electron chi connectivity index (χ4n) is 1.71. The first-order chi connectivity index (χ1) is 8.70. The highest BCUT2D eigenvalue weighted by atomic mass is 35.5. The highest BCUT2D eigenvalue weighted by molar-refractivity contribution is 6.35. The predicted octanol–water partition coefficient (Wildman–Crippen LogP) is 3.88. The molecule has 0 aliphatic heterocycles. The van der Waals surface area contributed by atoms with E-state index in [9.17, 15) is 0 Å². The second-order valence-electron chi connectivity index (χ2n) is 3.76. The Bertz CT molecular complexity index is 512. The maximum atomic E-state index is 6.06. The molecule has 0 saturated heterocycles. The molecule has 3 nitrogen and oxygen atoms in total. The van der Waals surface area contributed by atoms with Crippen molar-refractivity contribution >= 4 is 23.2 Å². The maximum Gasteiger partial charge on any atom is 0.142 e. The minimum Gasteiger partial charge on any atom is -0.495 e. The molecule has 1 heterocycles. The van der Waals surface area contributed by atoms with E-state index < -0.39 is 0 Å². The number of ether oxygens (including phenoxy) is 1. The van der Waals surface area contributed by atoms with Gasteiger partial charge in [0.25, 0.3) is 0 Å². The quantitative estimate of drug-likeness (QED) is 0.905. The van der Waals surface area contributed by atoms with Crippen LogP contribution in [0.15, 0.2) is 34.9 Å². The molecular formula is C13H13Cl2NO2. The Hall–Kier alpha value is -1.16. The van der Waals surface area contributed by atoms with Gasteiger partial charge >= 0.3 is 0 Å². The second kappa shape index (κ2) is 6.14. The van der Waals surface area contributed by atoms with Crippen molar-refractivity contribution in [2.24, 2.45) is 0 Å². The Morgan fingerprint density at radius 2 is 2.11 bits per heavy atom. The van der Waals surface area contributed by atoms with Gasteiger partial charge in [0.1, 0.15) is 11.5 Å². The number of methoxy groups -OCH3 is 1. The van der Waals surface area contributed by atoms with Crippen molar-refractivity contribution in [3.05, 3.63) is 51.9 Å². The van der Waals surface area contributed by atoms with Gasteiger partial charge in [-0.2, -0.15) is 0 Å². The Balaban J connectivity index is 2.04. The van der Waals surface area contributed by atoms with E-state index in [2.05, 4.69) is 5.32 Å². The van der Waals surface area contributed by atoms with Crippen LogP contribution in [0.25, 0.3) is 0 Å². The number of hydrogen-bond donors (Lipinski definition) is 1. The van der Waals surface area contributed by atoms with E-state index >= 15 is 0 Å². The summed E-state index contributed by atoms with van der Waals surface area (Å²) in [6.07, 6.45) is 1.65. The lowest BCUT2D eigenvalue weighted by Gasteiger charge is -2.11. The van der Waals surface area contributed by atoms with Gasteiger partial charge in [0.15, 0.2) is 0 Å². The van der Waals surface area contributed by atoms with Gasteiger partial charge < -0.3 is 14.5 Å². The topological polar surface area (TPSA) is 34.4 Å². The summed E-state index contributed by atoms with van der Waals surface area (Å²) in [4.78, 5) is 0. The number of halogens is 2. The summed E-state index contributed by atoms with van der Waals surface area (Å²) in [5, 5.41) is 4.35. The van der Waals surface area contributed by atoms with Crippen LogP contribution in [0.4, 0.5) is 0 Å². The SMILES string of the molecule is COc1c(Cl)cc(Cl)cc1CNCc1ccco1. The molecule has 0 atom stereocenters. The van der Waals surface area contributed by atoms with E-state index in [0.29, 0.717) is 28.9 Å². The van der Waals surface area contributed by atoms with Gasteiger partial charge in [-0.25, -0.2) is 0 Å². The summed E-state index contributed by atoms with van der Waals surface area (Å²) in [7, 11) is 1.59. The van der Waals surface area contributed by atoms with Gasteiger partial charge in [0.2, 0.25) is 0 Å². The van der Waals surface area contributed by atoms with E-state index in [-0.39, 0.29) is 0 Å². The minimum atomic E-state index is 0.514. The van der Waals surface area contributed by atoms with Crippen molar-refractivity contribution in [2.75, 3.05) is 7.11 Å². The van der Waals surface area contributed by atoms with Crippen molar-refractivity contribution in [3.63, 3.8) is 0 Å². The van der Waals surface area contributed by atoms with Crippen LogP contribution in [0.5, 0.6) is 5.75 Å². The summed E-state index contributed by atoms with van der Waals surface area (Å²) < 4.78 is 10.5. The average molecular weight is 286 g/mol. The molecule has 0 aliphatic carbocycles. The molecule has 0 aliphatic rings. The molecule has 0 spiro atoms. The van der Waals surface area contributed by atoms with E-state index in [1.165, 1.54) is 0 Å². The van der Waals surface area contributed by atoms with Gasteiger partial charge in [0.05, 0.1) is 24.9 Å². The summed E-state index contributed by atoms with van der Waals surface area (Å²) in [5.41, 5.74) is 0.918. The van der Waals surface area contributed by atoms with Crippen LogP contribution in [0, 0.1) is 0 Å². The largest absolute Gasteiger partial charge is 0.495 e. The number of nitrogens with one attached hydrogen (secondary N) is 1. The third-order valence-corrected chi connectivity index (χ3v) is 2.98. The molecule has 2 rings (SSSR count). The summed E-state index contributed by atoms with van der Waals surface area (Å²) in [6, 6.07) is 7.27. The lowest BCUT2D eigenvalue weighted by atomic mass is 10.2. The second-order valence-corrected chi connectivity index (χ2v) is 4.61. The molecule has 5 heteroatoms. The summed E-state index contributed by atoms with van der Waals surface area (Å²) in [6.45, 7) is 1.24. The van der Waals surface area contributed by atoms with Crippen LogP contribution in [-0.2, 0) is 13.1 Å². The molecule has 2 aromatic rings. The van der Waals surface area contributed by atoms with E-state index in [4.69, 9.17) is 32.4 Å². The Labute approximate surface area is 116 Å². The molecule has 0 unspecified atom stereocenters. The number of benzene rings is 1. The Morgan fingerprint density at radius 1 is 1.28 bits per heavy atom. The van der Waals surface area contributed by atoms with Gasteiger partial charge in [-0.05, 0) is 24.3 Å². The molecule has 0 fully saturated rings. The number of hydrogen-bond acceptors (Lipinski definition) is 3. The maximum absolute atomic E-state index is 6.06. The first-order valence-corrected chi connectivity index (χ1v) is 6.21. The molecule has 0 bridgehead atoms. The fraction of sp³-hybridized carbons (Fsp3) is 0.231. The molecule has 1 aromatic carbocycles. The average Bonchev–Trinajstić information content (AvgIpc) is 2.81. The van der Waals surface area contributed by atoms with Gasteiger partial charge in [-0.3, -0.25) is 0 Å². The zero-order valence-corrected chi connectivity index (χ0v) is 11.4. The van der Waals surface area contributed by atoms with Crippen molar-refractivity contribution in [1.82, 2.24) is 5.32 Å². The van der Waals surface area contributed by atoms with Gasteiger partial charge in [-0.1, -0.05) is 23.2 Å². The van der Waals surface area contributed by atoms with Crippen LogP contribution in [-0.4, -0.2) is 7.11 Å². The van der Waals surface area contributed by atoms with Crippen LogP contribution in [0.3, 0.4) is 0 Å². The molecular weight excluding hydrogens is 273 g/mol. The molecule has 0 amide bonds. The van der Waals surface area contributed by atoms with E-state index in [1.54, 1.807) is 19.4 Å². The van der Waals surface area contributed by atoms with E-state index in [1.807, 2.05) is 18.2 Å². The van der Waals surface area contributed by atoms with Crippen molar-refractivity contribution in [2.45, 2.75) is 13.1 Å². The monoisotopic (exact) mass is 285 g/mol. The summed E-state index contributed by atoms with van der Waals surface area (Å²) >= 11 is 12.0. The van der Waals surface area contributed by atoms with Gasteiger partial charge in [-0.15, -0.1) is 0 Å². The van der Waals surface area contributed by atoms with Crippen LogP contribution in [0.1, 0.15) is 11.3 Å². The highest BCUT2D eigenvalue weighted by Crippen LogP contribution is 2.32. The Kier molecular flexibility index (Phi) is 4.53. The molecule has 18 heavy (non-hydrogen) atoms. The standard InChI is InChI=1S/C13H13Cl2NO2/c1-17-13-9(5-10(14)6-12(13)15)7-16-8-11-3-2-4-18-11/h2-6,16H,7-8H2,1H3. The predicted molar refractivity (Wildman–Crippen MR) is 72.3 cm³/mol. The first kappa shape index (κ1) is 13.3. The number of furan rings is 1. The Morgan fingerprint density at radius 3 is 2.78 bits per heavy atom. The zero-order chi connectivity index (χ0) is 13.0. The molecule has 96 valence electrons. The molecule has 0 radical (unpaired) electrons. The van der Waals surface area contributed by atoms with Crippen LogP contribution < -0.4 is 10.1 Å². The summed E-state index contributed by atoms with van der Waals surface area (Å²) in [5.74, 6) is 1.52. The van der Waals surface area contributed by atoms with Gasteiger partial charge in [0, 0.05) is 17.1 Å². The third-order valence-electron chi connectivity index (χ3n) is 2.48. The lowest BCUT2D eigenvalue weighted by Crippen LogP contribution is -2.13. The van der Waals surface area contributed by atoms with Crippen molar-refractivity contribution in [1.29, 1.82) is 0 Å². The fourth-order valence-corrected chi connectivity index (χ4v) is 2.32. The molecule has 1 aromatic heterocycles. The smallest absolute Gasteiger partial charge is 0.142 e.